The number of nitrogens with zero attached hydrogens (tertiary/aromatic N) is 4. The third kappa shape index (κ3) is 9.64. The van der Waals surface area contributed by atoms with Crippen LogP contribution >= 0.6 is 22.9 Å². The van der Waals surface area contributed by atoms with Gasteiger partial charge in [0, 0.05) is 33.3 Å². The number of aliphatic imine (C=N–C) groups is 1. The summed E-state index contributed by atoms with van der Waals surface area (Å²) in [7, 11) is 0. The maximum atomic E-state index is 13.4. The number of nitrogens with one attached hydrogen (secondary N) is 2. The molecule has 4 aromatic rings. The van der Waals surface area contributed by atoms with Crippen LogP contribution in [0.2, 0.25) is 5.02 Å². The minimum Gasteiger partial charge on any atom is -0.491 e. The number of benzene rings is 2. The second-order valence-corrected chi connectivity index (χ2v) is 12.7. The summed E-state index contributed by atoms with van der Waals surface area (Å²) in [5, 5.41) is 24.2. The largest absolute Gasteiger partial charge is 0.491 e. The van der Waals surface area contributed by atoms with Crippen molar-refractivity contribution in [1.82, 2.24) is 20.1 Å². The molecule has 13 nitrogen and oxygen atoms in total. The molecule has 1 aliphatic rings. The topological polar surface area (TPSA) is 158 Å². The summed E-state index contributed by atoms with van der Waals surface area (Å²) >= 11 is 7.87. The van der Waals surface area contributed by atoms with Gasteiger partial charge in [-0.05, 0) is 62.7 Å². The van der Waals surface area contributed by atoms with Crippen LogP contribution in [-0.2, 0) is 19.0 Å². The number of fused-ring (bicyclic) bond motifs is 3. The van der Waals surface area contributed by atoms with Crippen molar-refractivity contribution in [3.8, 4) is 10.8 Å². The van der Waals surface area contributed by atoms with Gasteiger partial charge in [0.1, 0.15) is 29.2 Å². The van der Waals surface area contributed by atoms with E-state index in [2.05, 4.69) is 34.7 Å². The molecule has 3 heterocycles. The van der Waals surface area contributed by atoms with Crippen LogP contribution in [0.15, 0.2) is 53.5 Å². The number of ether oxygens (including phenoxy) is 4. The predicted octanol–water partition coefficient (Wildman–Crippen LogP) is 5.52. The summed E-state index contributed by atoms with van der Waals surface area (Å²) in [4.78, 5) is 30.1. The number of carbonyl (C=O) groups excluding carboxylic acids is 1. The lowest BCUT2D eigenvalue weighted by atomic mass is 9.99. The van der Waals surface area contributed by atoms with E-state index in [-0.39, 0.29) is 18.9 Å². The van der Waals surface area contributed by atoms with Gasteiger partial charge in [-0.2, -0.15) is 0 Å². The van der Waals surface area contributed by atoms with Crippen molar-refractivity contribution in [1.29, 1.82) is 0 Å². The number of hydrogen-bond acceptors (Lipinski definition) is 10. The van der Waals surface area contributed by atoms with Crippen molar-refractivity contribution in [2.75, 3.05) is 58.1 Å². The first-order valence-corrected chi connectivity index (χ1v) is 17.0. The predicted molar refractivity (Wildman–Crippen MR) is 187 cm³/mol. The lowest BCUT2D eigenvalue weighted by Gasteiger charge is -2.13. The van der Waals surface area contributed by atoms with E-state index in [1.54, 1.807) is 35.6 Å². The highest BCUT2D eigenvalue weighted by Crippen LogP contribution is 2.39. The SMILES string of the molecule is Cc1sc2c(c1C)C(c1ccc(Cl)cc1)=N[C@@H](CC(=O)Nc1ccc(OCCOCCOCCOCCNC(=O)O)cc1)c1nnc(C)n1-2. The average molecular weight is 711 g/mol. The van der Waals surface area contributed by atoms with Gasteiger partial charge in [0.2, 0.25) is 5.91 Å². The number of carboxylic acid groups (broad SMARTS) is 1. The van der Waals surface area contributed by atoms with Crippen LogP contribution in [0.25, 0.3) is 5.00 Å². The van der Waals surface area contributed by atoms with Crippen molar-refractivity contribution in [2.45, 2.75) is 33.2 Å². The Kier molecular flexibility index (Phi) is 12.7. The molecule has 0 spiro atoms. The van der Waals surface area contributed by atoms with E-state index in [1.165, 1.54) is 4.88 Å². The summed E-state index contributed by atoms with van der Waals surface area (Å²) in [5.41, 5.74) is 4.48. The first-order valence-electron chi connectivity index (χ1n) is 15.8. The van der Waals surface area contributed by atoms with E-state index < -0.39 is 12.1 Å². The Morgan fingerprint density at radius 3 is 2.22 bits per heavy atom. The maximum absolute atomic E-state index is 13.4. The van der Waals surface area contributed by atoms with Gasteiger partial charge in [-0.15, -0.1) is 21.5 Å². The number of thiophene rings is 1. The van der Waals surface area contributed by atoms with E-state index in [4.69, 9.17) is 40.6 Å². The molecule has 15 heteroatoms. The Balaban J connectivity index is 1.11. The molecule has 3 N–H and O–H groups in total. The molecular weight excluding hydrogens is 672 g/mol. The minimum atomic E-state index is -1.07. The Morgan fingerprint density at radius 2 is 1.55 bits per heavy atom. The zero-order valence-electron chi connectivity index (χ0n) is 27.5. The number of aromatic nitrogens is 3. The molecule has 1 atom stereocenters. The highest BCUT2D eigenvalue weighted by molar-refractivity contribution is 7.15. The van der Waals surface area contributed by atoms with Gasteiger partial charge < -0.3 is 34.7 Å². The number of amides is 2. The number of aryl methyl sites for hydroxylation is 2. The molecule has 0 fully saturated rings. The van der Waals surface area contributed by atoms with Crippen molar-refractivity contribution in [3.63, 3.8) is 0 Å². The highest BCUT2D eigenvalue weighted by atomic mass is 35.5. The van der Waals surface area contributed by atoms with Crippen LogP contribution in [0.1, 0.15) is 45.7 Å². The maximum Gasteiger partial charge on any atom is 0.404 e. The van der Waals surface area contributed by atoms with Crippen LogP contribution < -0.4 is 15.4 Å². The van der Waals surface area contributed by atoms with E-state index in [0.717, 1.165) is 33.2 Å². The number of carbonyl (C=O) groups is 2. The number of rotatable bonds is 17. The fourth-order valence-electron chi connectivity index (χ4n) is 5.15. The first kappa shape index (κ1) is 36.0. The molecule has 49 heavy (non-hydrogen) atoms. The molecule has 0 saturated heterocycles. The van der Waals surface area contributed by atoms with Crippen LogP contribution in [0.4, 0.5) is 10.5 Å². The van der Waals surface area contributed by atoms with E-state index in [1.807, 2.05) is 35.8 Å². The Bertz CT molecular complexity index is 1760. The molecular formula is C34H39ClN6O7S. The Morgan fingerprint density at radius 1 is 0.898 bits per heavy atom. The quantitative estimate of drug-likeness (QED) is 0.120. The van der Waals surface area contributed by atoms with Gasteiger partial charge in [0.25, 0.3) is 0 Å². The molecule has 1 aliphatic heterocycles. The lowest BCUT2D eigenvalue weighted by molar-refractivity contribution is -0.116. The molecule has 0 saturated carbocycles. The van der Waals surface area contributed by atoms with Crippen molar-refractivity contribution in [2.24, 2.45) is 4.99 Å². The van der Waals surface area contributed by atoms with E-state index in [9.17, 15) is 9.59 Å². The minimum absolute atomic E-state index is 0.0682. The average Bonchev–Trinajstić information content (AvgIpc) is 3.56. The summed E-state index contributed by atoms with van der Waals surface area (Å²) in [6.07, 6.45) is -1.01. The van der Waals surface area contributed by atoms with Crippen molar-refractivity contribution in [3.05, 3.63) is 86.8 Å². The van der Waals surface area contributed by atoms with Gasteiger partial charge in [-0.1, -0.05) is 23.7 Å². The molecule has 0 radical (unpaired) electrons. The molecule has 2 aromatic heterocycles. The third-order valence-corrected chi connectivity index (χ3v) is 9.08. The Hall–Kier alpha value is -4.34. The van der Waals surface area contributed by atoms with Gasteiger partial charge in [-0.25, -0.2) is 4.79 Å². The zero-order valence-corrected chi connectivity index (χ0v) is 29.1. The van der Waals surface area contributed by atoms with E-state index in [0.29, 0.717) is 68.5 Å². The molecule has 5 rings (SSSR count). The number of anilines is 1. The summed E-state index contributed by atoms with van der Waals surface area (Å²) in [6.45, 7) is 8.94. The standard InChI is InChI=1S/C34H39ClN6O7S/c1-21-22(2)49-33-30(21)31(24-4-6-25(35)7-5-24)38-28(32-40-39-23(3)41(32)33)20-29(42)37-26-8-10-27(11-9-26)48-19-18-47-17-16-46-15-14-45-13-12-36-34(43)44/h4-11,28,36H,12-20H2,1-3H3,(H,37,42)(H,43,44)/t28-/m0/s1. The highest BCUT2D eigenvalue weighted by Gasteiger charge is 2.32. The van der Waals surface area contributed by atoms with E-state index >= 15 is 0 Å². The second-order valence-electron chi connectivity index (χ2n) is 11.1. The zero-order chi connectivity index (χ0) is 34.8. The van der Waals surface area contributed by atoms with Crippen LogP contribution in [0.5, 0.6) is 5.75 Å². The molecule has 0 unspecified atom stereocenters. The number of halogens is 1. The number of hydrogen-bond donors (Lipinski definition) is 3. The van der Waals surface area contributed by atoms with Crippen LogP contribution in [0, 0.1) is 20.8 Å². The molecule has 0 bridgehead atoms. The summed E-state index contributed by atoms with van der Waals surface area (Å²) in [6, 6.07) is 14.2. The molecule has 260 valence electrons. The molecule has 2 amide bonds. The van der Waals surface area contributed by atoms with Crippen molar-refractivity contribution >= 4 is 46.3 Å². The third-order valence-electron chi connectivity index (χ3n) is 7.64. The van der Waals surface area contributed by atoms with Crippen LogP contribution in [-0.4, -0.2) is 90.4 Å². The fourth-order valence-corrected chi connectivity index (χ4v) is 6.49. The molecule has 2 aromatic carbocycles. The second kappa shape index (κ2) is 17.4. The van der Waals surface area contributed by atoms with Gasteiger partial charge in [-0.3, -0.25) is 14.4 Å². The summed E-state index contributed by atoms with van der Waals surface area (Å²) < 4.78 is 24.0. The monoisotopic (exact) mass is 710 g/mol. The van der Waals surface area contributed by atoms with Gasteiger partial charge >= 0.3 is 6.09 Å². The summed E-state index contributed by atoms with van der Waals surface area (Å²) in [5.74, 6) is 1.79. The lowest BCUT2D eigenvalue weighted by Crippen LogP contribution is -2.25. The van der Waals surface area contributed by atoms with Crippen LogP contribution in [0.3, 0.4) is 0 Å². The normalized spacial score (nSPS) is 13.6. The van der Waals surface area contributed by atoms with Crippen molar-refractivity contribution < 1.29 is 33.6 Å². The fraction of sp³-hybridized carbons (Fsp3) is 0.382. The van der Waals surface area contributed by atoms with Gasteiger partial charge in [0.15, 0.2) is 5.82 Å². The smallest absolute Gasteiger partial charge is 0.404 e. The molecule has 0 aliphatic carbocycles. The Labute approximate surface area is 293 Å². The van der Waals surface area contributed by atoms with Gasteiger partial charge in [0.05, 0.1) is 51.8 Å². The first-order chi connectivity index (χ1) is 23.7.